The lowest BCUT2D eigenvalue weighted by molar-refractivity contribution is -0.384. The molecule has 0 radical (unpaired) electrons. The van der Waals surface area contributed by atoms with Gasteiger partial charge in [0.1, 0.15) is 5.60 Å². The number of nitro groups is 1. The van der Waals surface area contributed by atoms with Crippen LogP contribution in [0.3, 0.4) is 0 Å². The predicted octanol–water partition coefficient (Wildman–Crippen LogP) is 3.22. The lowest BCUT2D eigenvalue weighted by Crippen LogP contribution is -2.32. The largest absolute Gasteiger partial charge is 0.443 e. The summed E-state index contributed by atoms with van der Waals surface area (Å²) in [5.74, 6) is 0. The summed E-state index contributed by atoms with van der Waals surface area (Å²) in [5.41, 5.74) is -1.85. The lowest BCUT2D eigenvalue weighted by Gasteiger charge is -2.21. The van der Waals surface area contributed by atoms with Gasteiger partial charge in [-0.2, -0.15) is 0 Å². The van der Waals surface area contributed by atoms with Crippen molar-refractivity contribution in [3.63, 3.8) is 0 Å². The standard InChI is InChI=1S/C11H13FN2O4/c1-11(2,3)18-10(15)13(12)8-6-4-5-7-9(8)14(16)17/h4-7H,1-3H3. The number of carbonyl (C=O) groups is 1. The van der Waals surface area contributed by atoms with Crippen molar-refractivity contribution in [1.82, 2.24) is 0 Å². The van der Waals surface area contributed by atoms with Crippen molar-refractivity contribution < 1.29 is 18.9 Å². The van der Waals surface area contributed by atoms with Crippen molar-refractivity contribution in [2.45, 2.75) is 26.4 Å². The minimum Gasteiger partial charge on any atom is -0.442 e. The number of nitrogens with zero attached hydrogens (tertiary/aromatic N) is 2. The molecule has 0 bridgehead atoms. The molecule has 0 atom stereocenters. The van der Waals surface area contributed by atoms with Crippen molar-refractivity contribution in [2.24, 2.45) is 0 Å². The second kappa shape index (κ2) is 4.99. The number of benzene rings is 1. The minimum absolute atomic E-state index is 0.372. The highest BCUT2D eigenvalue weighted by Gasteiger charge is 2.28. The summed E-state index contributed by atoms with van der Waals surface area (Å²) >= 11 is 0. The third-order valence-electron chi connectivity index (χ3n) is 1.84. The molecule has 0 fully saturated rings. The molecule has 0 saturated carbocycles. The fraction of sp³-hybridized carbons (Fsp3) is 0.364. The lowest BCUT2D eigenvalue weighted by atomic mass is 10.2. The molecule has 0 aromatic heterocycles. The zero-order valence-electron chi connectivity index (χ0n) is 10.2. The first-order chi connectivity index (χ1) is 8.22. The number of amides is 1. The monoisotopic (exact) mass is 256 g/mol. The highest BCUT2D eigenvalue weighted by molar-refractivity contribution is 5.88. The average molecular weight is 256 g/mol. The van der Waals surface area contributed by atoms with E-state index in [4.69, 9.17) is 4.74 Å². The van der Waals surface area contributed by atoms with Crippen molar-refractivity contribution in [3.8, 4) is 0 Å². The van der Waals surface area contributed by atoms with Gasteiger partial charge in [-0.3, -0.25) is 10.1 Å². The van der Waals surface area contributed by atoms with Gasteiger partial charge in [-0.15, -0.1) is 5.12 Å². The van der Waals surface area contributed by atoms with Gasteiger partial charge in [0.05, 0.1) is 4.92 Å². The molecule has 1 amide bonds. The Labute approximate surface area is 103 Å². The topological polar surface area (TPSA) is 72.7 Å². The summed E-state index contributed by atoms with van der Waals surface area (Å²) in [5, 5.41) is 10.3. The summed E-state index contributed by atoms with van der Waals surface area (Å²) in [6.07, 6.45) is -1.29. The van der Waals surface area contributed by atoms with Crippen LogP contribution in [0.1, 0.15) is 20.8 Å². The number of hydrogen-bond acceptors (Lipinski definition) is 4. The number of halogens is 1. The molecule has 0 aliphatic heterocycles. The summed E-state index contributed by atoms with van der Waals surface area (Å²) in [7, 11) is 0. The zero-order chi connectivity index (χ0) is 13.9. The Morgan fingerprint density at radius 1 is 1.39 bits per heavy atom. The van der Waals surface area contributed by atoms with Crippen LogP contribution in [-0.2, 0) is 4.74 Å². The molecule has 0 heterocycles. The van der Waals surface area contributed by atoms with E-state index < -0.39 is 28.0 Å². The van der Waals surface area contributed by atoms with Crippen LogP contribution in [0, 0.1) is 10.1 Å². The van der Waals surface area contributed by atoms with E-state index in [-0.39, 0.29) is 5.12 Å². The van der Waals surface area contributed by atoms with Gasteiger partial charge in [0.15, 0.2) is 5.69 Å². The van der Waals surface area contributed by atoms with Crippen LogP contribution < -0.4 is 5.12 Å². The summed E-state index contributed by atoms with van der Waals surface area (Å²) < 4.78 is 18.5. The number of hydrogen-bond donors (Lipinski definition) is 0. The quantitative estimate of drug-likeness (QED) is 0.462. The molecule has 0 spiro atoms. The van der Waals surface area contributed by atoms with E-state index in [0.717, 1.165) is 12.1 Å². The van der Waals surface area contributed by atoms with Gasteiger partial charge in [-0.1, -0.05) is 16.6 Å². The van der Waals surface area contributed by atoms with Gasteiger partial charge in [-0.05, 0) is 26.8 Å². The van der Waals surface area contributed by atoms with Crippen LogP contribution in [0.15, 0.2) is 24.3 Å². The maximum Gasteiger partial charge on any atom is 0.443 e. The Balaban J connectivity index is 3.00. The number of nitro benzene ring substituents is 1. The van der Waals surface area contributed by atoms with Gasteiger partial charge >= 0.3 is 6.09 Å². The number of rotatable bonds is 2. The van der Waals surface area contributed by atoms with E-state index in [1.165, 1.54) is 12.1 Å². The van der Waals surface area contributed by atoms with Gasteiger partial charge < -0.3 is 4.74 Å². The second-order valence-electron chi connectivity index (χ2n) is 4.51. The van der Waals surface area contributed by atoms with Crippen LogP contribution in [0.5, 0.6) is 0 Å². The Kier molecular flexibility index (Phi) is 3.85. The Hall–Kier alpha value is -2.18. The fourth-order valence-corrected chi connectivity index (χ4v) is 1.18. The first-order valence-corrected chi connectivity index (χ1v) is 5.14. The highest BCUT2D eigenvalue weighted by atomic mass is 19.2. The number of carbonyl (C=O) groups excluding carboxylic acids is 1. The van der Waals surface area contributed by atoms with Crippen LogP contribution in [0.25, 0.3) is 0 Å². The predicted molar refractivity (Wildman–Crippen MR) is 62.9 cm³/mol. The molecule has 18 heavy (non-hydrogen) atoms. The molecular weight excluding hydrogens is 243 g/mol. The Morgan fingerprint density at radius 3 is 2.44 bits per heavy atom. The van der Waals surface area contributed by atoms with E-state index in [0.29, 0.717) is 0 Å². The Morgan fingerprint density at radius 2 is 1.94 bits per heavy atom. The number of ether oxygens (including phenoxy) is 1. The first kappa shape index (κ1) is 13.9. The summed E-state index contributed by atoms with van der Waals surface area (Å²) in [6, 6.07) is 5.00. The van der Waals surface area contributed by atoms with E-state index in [1.54, 1.807) is 20.8 Å². The molecule has 0 aliphatic rings. The molecule has 1 rings (SSSR count). The van der Waals surface area contributed by atoms with Gasteiger partial charge in [0.2, 0.25) is 0 Å². The summed E-state index contributed by atoms with van der Waals surface area (Å²) in [4.78, 5) is 21.4. The normalized spacial score (nSPS) is 10.9. The second-order valence-corrected chi connectivity index (χ2v) is 4.51. The van der Waals surface area contributed by atoms with Crippen LogP contribution >= 0.6 is 0 Å². The minimum atomic E-state index is -1.29. The van der Waals surface area contributed by atoms with Crippen LogP contribution in [0.4, 0.5) is 20.7 Å². The molecule has 1 aromatic carbocycles. The zero-order valence-corrected chi connectivity index (χ0v) is 10.2. The first-order valence-electron chi connectivity index (χ1n) is 5.14. The summed E-state index contributed by atoms with van der Waals surface area (Å²) in [6.45, 7) is 4.70. The molecule has 6 nitrogen and oxygen atoms in total. The van der Waals surface area contributed by atoms with Crippen LogP contribution in [-0.4, -0.2) is 16.6 Å². The fourth-order valence-electron chi connectivity index (χ4n) is 1.18. The maximum atomic E-state index is 13.7. The van der Waals surface area contributed by atoms with E-state index in [1.807, 2.05) is 0 Å². The van der Waals surface area contributed by atoms with E-state index in [9.17, 15) is 19.4 Å². The van der Waals surface area contributed by atoms with Crippen molar-refractivity contribution in [1.29, 1.82) is 0 Å². The van der Waals surface area contributed by atoms with Crippen molar-refractivity contribution >= 4 is 17.5 Å². The van der Waals surface area contributed by atoms with Gasteiger partial charge in [0.25, 0.3) is 5.69 Å². The highest BCUT2D eigenvalue weighted by Crippen LogP contribution is 2.29. The van der Waals surface area contributed by atoms with Gasteiger partial charge in [-0.25, -0.2) is 4.79 Å². The average Bonchev–Trinajstić information content (AvgIpc) is 2.25. The molecule has 7 heteroatoms. The molecule has 98 valence electrons. The molecule has 0 unspecified atom stereocenters. The van der Waals surface area contributed by atoms with E-state index in [2.05, 4.69) is 0 Å². The molecule has 0 N–H and O–H groups in total. The third-order valence-corrected chi connectivity index (χ3v) is 1.84. The van der Waals surface area contributed by atoms with Crippen molar-refractivity contribution in [2.75, 3.05) is 5.12 Å². The SMILES string of the molecule is CC(C)(C)OC(=O)N(F)c1ccccc1[N+](=O)[O-]. The van der Waals surface area contributed by atoms with Gasteiger partial charge in [0, 0.05) is 6.07 Å². The smallest absolute Gasteiger partial charge is 0.442 e. The molecule has 0 aliphatic carbocycles. The molecule has 0 saturated heterocycles. The molecule has 1 aromatic rings. The van der Waals surface area contributed by atoms with E-state index >= 15 is 0 Å². The maximum absolute atomic E-state index is 13.7. The Bertz CT molecular complexity index is 470. The number of anilines is 1. The molecular formula is C11H13FN2O4. The van der Waals surface area contributed by atoms with Crippen molar-refractivity contribution in [3.05, 3.63) is 34.4 Å². The number of para-hydroxylation sites is 2. The van der Waals surface area contributed by atoms with Crippen LogP contribution in [0.2, 0.25) is 0 Å². The third kappa shape index (κ3) is 3.41.